The topological polar surface area (TPSA) is 121 Å². The lowest BCUT2D eigenvalue weighted by molar-refractivity contribution is -0.125. The largest absolute Gasteiger partial charge is 0.388 e. The summed E-state index contributed by atoms with van der Waals surface area (Å²) in [5, 5.41) is 25.7. The summed E-state index contributed by atoms with van der Waals surface area (Å²) in [6.07, 6.45) is -0.833. The highest BCUT2D eigenvalue weighted by atomic mass is 16.5. The molecular weight excluding hydrogens is 362 g/mol. The molecule has 148 valence electrons. The van der Waals surface area contributed by atoms with E-state index in [1.807, 2.05) is 6.07 Å². The normalized spacial score (nSPS) is 23.9. The van der Waals surface area contributed by atoms with Crippen LogP contribution >= 0.6 is 0 Å². The van der Waals surface area contributed by atoms with Gasteiger partial charge in [0.25, 0.3) is 5.91 Å². The van der Waals surface area contributed by atoms with Crippen molar-refractivity contribution in [1.29, 1.82) is 0 Å². The number of pyridine rings is 1. The molecule has 0 unspecified atom stereocenters. The van der Waals surface area contributed by atoms with E-state index in [-0.39, 0.29) is 24.8 Å². The number of hydrogen-bond acceptors (Lipinski definition) is 6. The van der Waals surface area contributed by atoms with E-state index in [2.05, 4.69) is 15.6 Å². The van der Waals surface area contributed by atoms with E-state index in [0.29, 0.717) is 12.1 Å². The molecule has 1 aromatic carbocycles. The number of carbonyl (C=O) groups excluding carboxylic acids is 2. The van der Waals surface area contributed by atoms with Gasteiger partial charge < -0.3 is 25.6 Å². The Kier molecular flexibility index (Phi) is 6.70. The summed E-state index contributed by atoms with van der Waals surface area (Å²) in [5.41, 5.74) is 1.34. The molecule has 28 heavy (non-hydrogen) atoms. The highest BCUT2D eigenvalue weighted by Crippen LogP contribution is 2.23. The Morgan fingerprint density at radius 1 is 1.00 bits per heavy atom. The molecule has 8 heteroatoms. The maximum absolute atomic E-state index is 12.1. The van der Waals surface area contributed by atoms with E-state index < -0.39 is 24.4 Å². The van der Waals surface area contributed by atoms with E-state index in [1.165, 1.54) is 0 Å². The van der Waals surface area contributed by atoms with Crippen LogP contribution in [0.5, 0.6) is 0 Å². The summed E-state index contributed by atoms with van der Waals surface area (Å²) < 4.78 is 5.61. The van der Waals surface area contributed by atoms with Crippen molar-refractivity contribution in [2.75, 3.05) is 6.54 Å². The second kappa shape index (κ2) is 9.41. The predicted octanol–water partition coefficient (Wildman–Crippen LogP) is 0.00710. The van der Waals surface area contributed by atoms with E-state index in [1.54, 1.807) is 48.8 Å². The van der Waals surface area contributed by atoms with Gasteiger partial charge in [-0.1, -0.05) is 24.3 Å². The van der Waals surface area contributed by atoms with Crippen molar-refractivity contribution in [1.82, 2.24) is 15.6 Å². The van der Waals surface area contributed by atoms with Crippen LogP contribution in [-0.2, 0) is 16.1 Å². The van der Waals surface area contributed by atoms with Crippen molar-refractivity contribution >= 4 is 11.8 Å². The Balaban J connectivity index is 1.46. The fourth-order valence-corrected chi connectivity index (χ4v) is 3.01. The van der Waals surface area contributed by atoms with Gasteiger partial charge in [-0.25, -0.2) is 0 Å². The number of nitrogens with one attached hydrogen (secondary N) is 2. The number of aromatic nitrogens is 1. The molecule has 1 aliphatic rings. The Morgan fingerprint density at radius 2 is 1.75 bits per heavy atom. The fourth-order valence-electron chi connectivity index (χ4n) is 3.01. The lowest BCUT2D eigenvalue weighted by Gasteiger charge is -2.15. The number of ether oxygens (including phenoxy) is 1. The summed E-state index contributed by atoms with van der Waals surface area (Å²) in [7, 11) is 0. The van der Waals surface area contributed by atoms with Crippen LogP contribution in [0.25, 0.3) is 0 Å². The third kappa shape index (κ3) is 5.13. The first-order valence-electron chi connectivity index (χ1n) is 9.05. The van der Waals surface area contributed by atoms with Crippen LogP contribution in [0.3, 0.4) is 0 Å². The zero-order chi connectivity index (χ0) is 19.9. The van der Waals surface area contributed by atoms with Crippen molar-refractivity contribution in [2.45, 2.75) is 37.4 Å². The van der Waals surface area contributed by atoms with Gasteiger partial charge >= 0.3 is 0 Å². The standard InChI is InChI=1S/C20H23N3O5/c24-17(22-11-13-5-4-8-21-10-13)9-15-18(25)19(26)16(28-15)12-23-20(27)14-6-2-1-3-7-14/h1-8,10,15-16,18-19,25-26H,9,11-12H2,(H,22,24)(H,23,27)/t15-,16+,18-,19+/m0/s1. The minimum atomic E-state index is -1.21. The minimum Gasteiger partial charge on any atom is -0.388 e. The van der Waals surface area contributed by atoms with E-state index in [0.717, 1.165) is 5.56 Å². The molecule has 2 amide bonds. The maximum atomic E-state index is 12.1. The Hall–Kier alpha value is -2.81. The van der Waals surface area contributed by atoms with Crippen LogP contribution in [0.2, 0.25) is 0 Å². The van der Waals surface area contributed by atoms with Gasteiger partial charge in [0.1, 0.15) is 18.3 Å². The molecular formula is C20H23N3O5. The molecule has 3 rings (SSSR count). The molecule has 1 aliphatic heterocycles. The molecule has 4 N–H and O–H groups in total. The lowest BCUT2D eigenvalue weighted by Crippen LogP contribution is -2.40. The van der Waals surface area contributed by atoms with E-state index in [9.17, 15) is 19.8 Å². The third-order valence-electron chi connectivity index (χ3n) is 4.56. The molecule has 0 aliphatic carbocycles. The molecule has 0 spiro atoms. The van der Waals surface area contributed by atoms with Gasteiger partial charge in [-0.3, -0.25) is 14.6 Å². The van der Waals surface area contributed by atoms with Gasteiger partial charge in [-0.15, -0.1) is 0 Å². The average molecular weight is 385 g/mol. The smallest absolute Gasteiger partial charge is 0.251 e. The first-order valence-corrected chi connectivity index (χ1v) is 9.05. The van der Waals surface area contributed by atoms with Crippen molar-refractivity contribution in [3.63, 3.8) is 0 Å². The Labute approximate surface area is 162 Å². The number of nitrogens with zero attached hydrogens (tertiary/aromatic N) is 1. The van der Waals surface area contributed by atoms with Gasteiger partial charge in [0.2, 0.25) is 5.91 Å². The second-order valence-corrected chi connectivity index (χ2v) is 6.61. The van der Waals surface area contributed by atoms with Gasteiger partial charge in [-0.05, 0) is 23.8 Å². The van der Waals surface area contributed by atoms with Crippen LogP contribution in [0.15, 0.2) is 54.9 Å². The summed E-state index contributed by atoms with van der Waals surface area (Å²) in [6.45, 7) is 0.342. The minimum absolute atomic E-state index is 0.0275. The molecule has 0 radical (unpaired) electrons. The first kappa shape index (κ1) is 19.9. The zero-order valence-electron chi connectivity index (χ0n) is 15.2. The fraction of sp³-hybridized carbons (Fsp3) is 0.350. The number of aliphatic hydroxyl groups is 2. The monoisotopic (exact) mass is 385 g/mol. The summed E-state index contributed by atoms with van der Waals surface area (Å²) in [6, 6.07) is 12.3. The number of benzene rings is 1. The van der Waals surface area contributed by atoms with Crippen LogP contribution in [0.4, 0.5) is 0 Å². The SMILES string of the molecule is O=C(C[C@@H]1O[C@H](CNC(=O)c2ccccc2)[C@@H](O)[C@H]1O)NCc1cccnc1. The number of carbonyl (C=O) groups is 2. The second-order valence-electron chi connectivity index (χ2n) is 6.61. The predicted molar refractivity (Wildman–Crippen MR) is 100 cm³/mol. The van der Waals surface area contributed by atoms with Crippen LogP contribution in [-0.4, -0.2) is 58.0 Å². The highest BCUT2D eigenvalue weighted by Gasteiger charge is 2.43. The van der Waals surface area contributed by atoms with E-state index >= 15 is 0 Å². The van der Waals surface area contributed by atoms with Crippen molar-refractivity contribution < 1.29 is 24.5 Å². The van der Waals surface area contributed by atoms with Crippen LogP contribution in [0.1, 0.15) is 22.3 Å². The number of amides is 2. The maximum Gasteiger partial charge on any atom is 0.251 e. The van der Waals surface area contributed by atoms with Crippen molar-refractivity contribution in [3.05, 3.63) is 66.0 Å². The van der Waals surface area contributed by atoms with Crippen molar-refractivity contribution in [2.24, 2.45) is 0 Å². The third-order valence-corrected chi connectivity index (χ3v) is 4.56. The average Bonchev–Trinajstić information content (AvgIpc) is 2.99. The lowest BCUT2D eigenvalue weighted by atomic mass is 10.1. The van der Waals surface area contributed by atoms with Gasteiger partial charge in [0.05, 0.1) is 12.5 Å². The number of hydrogen-bond donors (Lipinski definition) is 4. The van der Waals surface area contributed by atoms with Crippen LogP contribution < -0.4 is 10.6 Å². The molecule has 1 fully saturated rings. The first-order chi connectivity index (χ1) is 13.5. The summed E-state index contributed by atoms with van der Waals surface area (Å²) >= 11 is 0. The molecule has 4 atom stereocenters. The molecule has 1 aromatic heterocycles. The van der Waals surface area contributed by atoms with E-state index in [4.69, 9.17) is 4.74 Å². The number of rotatable bonds is 7. The molecule has 8 nitrogen and oxygen atoms in total. The molecule has 1 saturated heterocycles. The van der Waals surface area contributed by atoms with Gasteiger partial charge in [0, 0.05) is 31.0 Å². The quantitative estimate of drug-likeness (QED) is 0.533. The highest BCUT2D eigenvalue weighted by molar-refractivity contribution is 5.94. The molecule has 0 saturated carbocycles. The summed E-state index contributed by atoms with van der Waals surface area (Å²) in [4.78, 5) is 28.2. The molecule has 2 heterocycles. The van der Waals surface area contributed by atoms with Gasteiger partial charge in [-0.2, -0.15) is 0 Å². The molecule has 2 aromatic rings. The Bertz CT molecular complexity index is 787. The number of aliphatic hydroxyl groups excluding tert-OH is 2. The van der Waals surface area contributed by atoms with Crippen LogP contribution in [0, 0.1) is 0 Å². The Morgan fingerprint density at radius 3 is 2.46 bits per heavy atom. The zero-order valence-corrected chi connectivity index (χ0v) is 15.2. The van der Waals surface area contributed by atoms with Crippen molar-refractivity contribution in [3.8, 4) is 0 Å². The van der Waals surface area contributed by atoms with Gasteiger partial charge in [0.15, 0.2) is 0 Å². The molecule has 0 bridgehead atoms. The summed E-state index contributed by atoms with van der Waals surface area (Å²) in [5.74, 6) is -0.613.